The molecule has 0 amide bonds. The second-order valence-corrected chi connectivity index (χ2v) is 4.70. The first kappa shape index (κ1) is 12.6. The van der Waals surface area contributed by atoms with Crippen LogP contribution >= 0.6 is 0 Å². The molecule has 0 bridgehead atoms. The van der Waals surface area contributed by atoms with Crippen LogP contribution in [0.2, 0.25) is 0 Å². The van der Waals surface area contributed by atoms with Gasteiger partial charge in [-0.1, -0.05) is 0 Å². The van der Waals surface area contributed by atoms with Gasteiger partial charge in [0.15, 0.2) is 0 Å². The summed E-state index contributed by atoms with van der Waals surface area (Å²) in [4.78, 5) is 4.46. The second kappa shape index (κ2) is 5.28. The third-order valence-corrected chi connectivity index (χ3v) is 3.16. The summed E-state index contributed by atoms with van der Waals surface area (Å²) in [6.07, 6.45) is 0.825. The summed E-state index contributed by atoms with van der Waals surface area (Å²) in [5, 5.41) is 7.69. The summed E-state index contributed by atoms with van der Waals surface area (Å²) in [6, 6.07) is 10.1. The van der Waals surface area contributed by atoms with Crippen LogP contribution in [-0.2, 0) is 0 Å². The van der Waals surface area contributed by atoms with Gasteiger partial charge in [0.05, 0.1) is 11.4 Å². The summed E-state index contributed by atoms with van der Waals surface area (Å²) in [5.74, 6) is 0.617. The Kier molecular flexibility index (Phi) is 3.33. The van der Waals surface area contributed by atoms with E-state index in [1.807, 2.05) is 19.1 Å². The molecule has 0 unspecified atom stereocenters. The molecule has 1 aliphatic heterocycles. The van der Waals surface area contributed by atoms with Crippen LogP contribution in [0.3, 0.4) is 0 Å². The Balaban J connectivity index is 1.84. The number of hydrogen-bond acceptors (Lipinski definition) is 4. The van der Waals surface area contributed by atoms with Crippen LogP contribution in [0.1, 0.15) is 17.7 Å². The fraction of sp³-hybridized carbons (Fsp3) is 0.200. The Morgan fingerprint density at radius 1 is 1.20 bits per heavy atom. The molecular formula is C15H15FN4. The Morgan fingerprint density at radius 3 is 2.80 bits per heavy atom. The number of aryl methyl sites for hydroxylation is 1. The van der Waals surface area contributed by atoms with Gasteiger partial charge in [0.25, 0.3) is 0 Å². The van der Waals surface area contributed by atoms with Crippen molar-refractivity contribution in [3.05, 3.63) is 53.5 Å². The number of nitrogens with one attached hydrogen (secondary N) is 2. The first-order valence-corrected chi connectivity index (χ1v) is 6.52. The van der Waals surface area contributed by atoms with Gasteiger partial charge in [-0.05, 0) is 43.3 Å². The maximum atomic E-state index is 12.8. The number of hydrazone groups is 1. The van der Waals surface area contributed by atoms with Gasteiger partial charge in [-0.15, -0.1) is 0 Å². The Labute approximate surface area is 116 Å². The molecule has 102 valence electrons. The molecule has 2 N–H and O–H groups in total. The molecule has 20 heavy (non-hydrogen) atoms. The van der Waals surface area contributed by atoms with Crippen LogP contribution in [-0.4, -0.2) is 17.2 Å². The minimum absolute atomic E-state index is 0.255. The van der Waals surface area contributed by atoms with E-state index in [0.29, 0.717) is 0 Å². The summed E-state index contributed by atoms with van der Waals surface area (Å²) >= 11 is 0. The number of halogens is 1. The number of hydrogen-bond donors (Lipinski definition) is 2. The lowest BCUT2D eigenvalue weighted by Gasteiger charge is -2.19. The van der Waals surface area contributed by atoms with Crippen molar-refractivity contribution in [3.63, 3.8) is 0 Å². The third-order valence-electron chi connectivity index (χ3n) is 3.16. The number of rotatable bonds is 2. The molecular weight excluding hydrogens is 255 g/mol. The van der Waals surface area contributed by atoms with Gasteiger partial charge in [0.1, 0.15) is 11.6 Å². The van der Waals surface area contributed by atoms with Gasteiger partial charge in [-0.3, -0.25) is 5.43 Å². The van der Waals surface area contributed by atoms with E-state index in [4.69, 9.17) is 0 Å². The first-order chi connectivity index (χ1) is 9.72. The maximum Gasteiger partial charge on any atom is 0.135 e. The van der Waals surface area contributed by atoms with Crippen LogP contribution in [0.25, 0.3) is 0 Å². The number of benzene rings is 1. The number of nitrogens with zero attached hydrogens (tertiary/aromatic N) is 2. The smallest absolute Gasteiger partial charge is 0.135 e. The molecule has 1 aromatic heterocycles. The van der Waals surface area contributed by atoms with Crippen molar-refractivity contribution >= 4 is 17.2 Å². The van der Waals surface area contributed by atoms with E-state index in [1.54, 1.807) is 12.1 Å². The van der Waals surface area contributed by atoms with Crippen molar-refractivity contribution in [1.29, 1.82) is 0 Å². The van der Waals surface area contributed by atoms with Crippen molar-refractivity contribution in [2.45, 2.75) is 13.3 Å². The molecule has 0 fully saturated rings. The first-order valence-electron chi connectivity index (χ1n) is 6.52. The predicted octanol–water partition coefficient (Wildman–Crippen LogP) is 3.16. The number of pyridine rings is 1. The van der Waals surface area contributed by atoms with E-state index in [-0.39, 0.29) is 5.82 Å². The van der Waals surface area contributed by atoms with Crippen LogP contribution in [0.15, 0.2) is 41.5 Å². The second-order valence-electron chi connectivity index (χ2n) is 4.70. The standard InChI is InChI=1S/C15H15FN4/c1-10-2-7-13-14(8-9-17-15(13)18-10)20-19-12-5-3-11(16)4-6-12/h2-7,19H,8-9H2,1H3,(H,17,18)/b20-14+. The highest BCUT2D eigenvalue weighted by molar-refractivity contribution is 6.06. The van der Waals surface area contributed by atoms with Gasteiger partial charge in [0.2, 0.25) is 0 Å². The monoisotopic (exact) mass is 270 g/mol. The molecule has 0 radical (unpaired) electrons. The summed E-state index contributed by atoms with van der Waals surface area (Å²) in [5.41, 5.74) is 6.67. The molecule has 3 rings (SSSR count). The van der Waals surface area contributed by atoms with Gasteiger partial charge in [-0.2, -0.15) is 5.10 Å². The molecule has 0 saturated carbocycles. The van der Waals surface area contributed by atoms with E-state index in [9.17, 15) is 4.39 Å². The molecule has 5 heteroatoms. The molecule has 0 aliphatic carbocycles. The van der Waals surface area contributed by atoms with Crippen LogP contribution in [0.4, 0.5) is 15.9 Å². The van der Waals surface area contributed by atoms with E-state index >= 15 is 0 Å². The van der Waals surface area contributed by atoms with E-state index in [2.05, 4.69) is 20.8 Å². The summed E-state index contributed by atoms with van der Waals surface area (Å²) in [6.45, 7) is 2.78. The maximum absolute atomic E-state index is 12.8. The summed E-state index contributed by atoms with van der Waals surface area (Å²) < 4.78 is 12.8. The SMILES string of the molecule is Cc1ccc2c(n1)NCC/C2=N\Nc1ccc(F)cc1. The number of anilines is 2. The minimum atomic E-state index is -0.255. The number of fused-ring (bicyclic) bond motifs is 1. The lowest BCUT2D eigenvalue weighted by molar-refractivity contribution is 0.628. The molecule has 0 saturated heterocycles. The highest BCUT2D eigenvalue weighted by atomic mass is 19.1. The molecule has 1 aliphatic rings. The molecule has 4 nitrogen and oxygen atoms in total. The van der Waals surface area contributed by atoms with Gasteiger partial charge >= 0.3 is 0 Å². The zero-order valence-electron chi connectivity index (χ0n) is 11.2. The van der Waals surface area contributed by atoms with Crippen LogP contribution in [0, 0.1) is 12.7 Å². The van der Waals surface area contributed by atoms with Crippen molar-refractivity contribution in [2.24, 2.45) is 5.10 Å². The molecule has 2 aromatic rings. The van der Waals surface area contributed by atoms with Crippen molar-refractivity contribution in [1.82, 2.24) is 4.98 Å². The Morgan fingerprint density at radius 2 is 2.00 bits per heavy atom. The zero-order valence-corrected chi connectivity index (χ0v) is 11.2. The predicted molar refractivity (Wildman–Crippen MR) is 78.6 cm³/mol. The topological polar surface area (TPSA) is 49.3 Å². The van der Waals surface area contributed by atoms with Crippen molar-refractivity contribution in [2.75, 3.05) is 17.3 Å². The minimum Gasteiger partial charge on any atom is -0.369 e. The molecule has 1 aromatic carbocycles. The molecule has 0 spiro atoms. The zero-order chi connectivity index (χ0) is 13.9. The van der Waals surface area contributed by atoms with Crippen LogP contribution < -0.4 is 10.7 Å². The fourth-order valence-corrected chi connectivity index (χ4v) is 2.13. The lowest BCUT2D eigenvalue weighted by atomic mass is 10.0. The van der Waals surface area contributed by atoms with Gasteiger partial charge in [0, 0.05) is 24.2 Å². The summed E-state index contributed by atoms with van der Waals surface area (Å²) in [7, 11) is 0. The highest BCUT2D eigenvalue weighted by Gasteiger charge is 2.16. The quantitative estimate of drug-likeness (QED) is 0.824. The Bertz CT molecular complexity index is 649. The molecule has 0 atom stereocenters. The largest absolute Gasteiger partial charge is 0.369 e. The average molecular weight is 270 g/mol. The van der Waals surface area contributed by atoms with Crippen molar-refractivity contribution in [3.8, 4) is 0 Å². The van der Waals surface area contributed by atoms with E-state index in [1.165, 1.54) is 12.1 Å². The third kappa shape index (κ3) is 2.61. The Hall–Kier alpha value is -2.43. The van der Waals surface area contributed by atoms with Crippen molar-refractivity contribution < 1.29 is 4.39 Å². The van der Waals surface area contributed by atoms with E-state index < -0.39 is 0 Å². The normalized spacial score (nSPS) is 15.6. The van der Waals surface area contributed by atoms with E-state index in [0.717, 1.165) is 41.4 Å². The average Bonchev–Trinajstić information content (AvgIpc) is 2.46. The molecule has 2 heterocycles. The number of aromatic nitrogens is 1. The highest BCUT2D eigenvalue weighted by Crippen LogP contribution is 2.20. The van der Waals surface area contributed by atoms with Crippen LogP contribution in [0.5, 0.6) is 0 Å². The lowest BCUT2D eigenvalue weighted by Crippen LogP contribution is -2.21. The fourth-order valence-electron chi connectivity index (χ4n) is 2.13. The van der Waals surface area contributed by atoms with Gasteiger partial charge in [-0.25, -0.2) is 9.37 Å². The van der Waals surface area contributed by atoms with Gasteiger partial charge < -0.3 is 5.32 Å².